The predicted molar refractivity (Wildman–Crippen MR) is 83.9 cm³/mol. The third-order valence-corrected chi connectivity index (χ3v) is 2.51. The zero-order valence-corrected chi connectivity index (χ0v) is 13.7. The molecule has 0 radical (unpaired) electrons. The lowest BCUT2D eigenvalue weighted by Crippen LogP contribution is -2.23. The van der Waals surface area contributed by atoms with E-state index in [1.165, 1.54) is 6.07 Å². The minimum atomic E-state index is -0.627. The quantitative estimate of drug-likeness (QED) is 0.816. The smallest absolute Gasteiger partial charge is 0.307 e. The number of carbonyl (C=O) groups excluding carboxylic acids is 1. The molecule has 6 heteroatoms. The van der Waals surface area contributed by atoms with Gasteiger partial charge in [0.05, 0.1) is 13.0 Å². The lowest BCUT2D eigenvalue weighted by Gasteiger charge is -2.22. The fourth-order valence-electron chi connectivity index (χ4n) is 1.76. The number of hydrogen-bond donors (Lipinski definition) is 2. The average molecular weight is 318 g/mol. The number of rotatable bonds is 5. The molecule has 5 nitrogen and oxygen atoms in total. The molecule has 1 aromatic rings. The summed E-state index contributed by atoms with van der Waals surface area (Å²) >= 11 is 0. The van der Waals surface area contributed by atoms with Gasteiger partial charge in [0, 0.05) is 11.6 Å². The van der Waals surface area contributed by atoms with E-state index in [1.54, 1.807) is 19.1 Å². The van der Waals surface area contributed by atoms with Crippen molar-refractivity contribution in [2.75, 3.05) is 6.61 Å². The van der Waals surface area contributed by atoms with E-state index < -0.39 is 6.04 Å². The van der Waals surface area contributed by atoms with Crippen LogP contribution in [0.1, 0.15) is 45.7 Å². The Labute approximate surface area is 131 Å². The third kappa shape index (κ3) is 6.69. The van der Waals surface area contributed by atoms with Gasteiger partial charge in [-0.2, -0.15) is 0 Å². The second-order valence-corrected chi connectivity index (χ2v) is 5.55. The Balaban J connectivity index is 0.00000400. The Morgan fingerprint density at radius 1 is 1.38 bits per heavy atom. The Kier molecular flexibility index (Phi) is 7.53. The van der Waals surface area contributed by atoms with E-state index in [0.717, 1.165) is 0 Å². The molecular weight excluding hydrogens is 294 g/mol. The van der Waals surface area contributed by atoms with Gasteiger partial charge in [-0.15, -0.1) is 12.4 Å². The number of carbonyl (C=O) groups is 1. The molecule has 0 amide bonds. The van der Waals surface area contributed by atoms with Crippen LogP contribution in [0.15, 0.2) is 18.2 Å². The number of aromatic hydroxyl groups is 1. The van der Waals surface area contributed by atoms with Crippen LogP contribution >= 0.6 is 12.4 Å². The van der Waals surface area contributed by atoms with Gasteiger partial charge in [0.25, 0.3) is 0 Å². The van der Waals surface area contributed by atoms with E-state index in [2.05, 4.69) is 0 Å². The van der Waals surface area contributed by atoms with Gasteiger partial charge in [-0.05, 0) is 45.9 Å². The number of ether oxygens (including phenoxy) is 2. The molecular formula is C15H24ClNO4. The number of hydrogen-bond acceptors (Lipinski definition) is 5. The van der Waals surface area contributed by atoms with Crippen molar-refractivity contribution in [2.24, 2.45) is 5.73 Å². The van der Waals surface area contributed by atoms with Gasteiger partial charge in [-0.3, -0.25) is 4.79 Å². The topological polar surface area (TPSA) is 81.8 Å². The second-order valence-electron chi connectivity index (χ2n) is 5.55. The van der Waals surface area contributed by atoms with Gasteiger partial charge >= 0.3 is 5.97 Å². The number of nitrogens with two attached hydrogens (primary N) is 1. The van der Waals surface area contributed by atoms with E-state index in [1.807, 2.05) is 20.8 Å². The van der Waals surface area contributed by atoms with Crippen LogP contribution in [0.3, 0.4) is 0 Å². The van der Waals surface area contributed by atoms with Gasteiger partial charge in [0.1, 0.15) is 17.1 Å². The highest BCUT2D eigenvalue weighted by molar-refractivity contribution is 5.85. The molecule has 3 N–H and O–H groups in total. The van der Waals surface area contributed by atoms with Gasteiger partial charge in [0.15, 0.2) is 0 Å². The van der Waals surface area contributed by atoms with E-state index in [0.29, 0.717) is 17.9 Å². The lowest BCUT2D eigenvalue weighted by atomic mass is 10.0. The number of esters is 1. The third-order valence-electron chi connectivity index (χ3n) is 2.51. The first kappa shape index (κ1) is 19.5. The van der Waals surface area contributed by atoms with Crippen LogP contribution in [0.4, 0.5) is 0 Å². The van der Waals surface area contributed by atoms with Gasteiger partial charge in [-0.1, -0.05) is 0 Å². The first-order valence-corrected chi connectivity index (χ1v) is 6.66. The molecule has 120 valence electrons. The van der Waals surface area contributed by atoms with Crippen LogP contribution in [0.2, 0.25) is 0 Å². The summed E-state index contributed by atoms with van der Waals surface area (Å²) in [5.74, 6) is 0.259. The molecule has 21 heavy (non-hydrogen) atoms. The van der Waals surface area contributed by atoms with Crippen molar-refractivity contribution in [3.8, 4) is 11.5 Å². The van der Waals surface area contributed by atoms with Crippen LogP contribution in [0.25, 0.3) is 0 Å². The summed E-state index contributed by atoms with van der Waals surface area (Å²) < 4.78 is 10.6. The minimum Gasteiger partial charge on any atom is -0.508 e. The largest absolute Gasteiger partial charge is 0.508 e. The van der Waals surface area contributed by atoms with Crippen molar-refractivity contribution < 1.29 is 19.4 Å². The molecule has 0 aliphatic heterocycles. The first-order chi connectivity index (χ1) is 9.23. The molecule has 1 aromatic carbocycles. The van der Waals surface area contributed by atoms with Crippen molar-refractivity contribution in [1.82, 2.24) is 0 Å². The van der Waals surface area contributed by atoms with Crippen LogP contribution in [-0.2, 0) is 9.53 Å². The van der Waals surface area contributed by atoms with Crippen molar-refractivity contribution in [3.05, 3.63) is 23.8 Å². The standard InChI is InChI=1S/C15H23NO4.ClH/c1-5-19-14(18)9-12(16)11-8-10(6-7-13(11)17)20-15(2,3)4;/h6-8,12,17H,5,9,16H2,1-4H3;1H/t12-;/m1./s1. The minimum absolute atomic E-state index is 0. The van der Waals surface area contributed by atoms with E-state index in [9.17, 15) is 9.90 Å². The Morgan fingerprint density at radius 2 is 2.00 bits per heavy atom. The van der Waals surface area contributed by atoms with E-state index in [-0.39, 0.29) is 36.1 Å². The highest BCUT2D eigenvalue weighted by Gasteiger charge is 2.18. The Bertz CT molecular complexity index is 471. The molecule has 0 unspecified atom stereocenters. The fraction of sp³-hybridized carbons (Fsp3) is 0.533. The normalized spacial score (nSPS) is 12.2. The van der Waals surface area contributed by atoms with Crippen LogP contribution in [-0.4, -0.2) is 23.3 Å². The number of phenolic OH excluding ortho intramolecular Hbond substituents is 1. The maximum Gasteiger partial charge on any atom is 0.307 e. The number of halogens is 1. The van der Waals surface area contributed by atoms with Crippen LogP contribution in [0.5, 0.6) is 11.5 Å². The molecule has 0 aromatic heterocycles. The molecule has 1 atom stereocenters. The average Bonchev–Trinajstić information content (AvgIpc) is 2.30. The fourth-order valence-corrected chi connectivity index (χ4v) is 1.76. The predicted octanol–water partition coefficient (Wildman–Crippen LogP) is 2.94. The SMILES string of the molecule is CCOC(=O)C[C@@H](N)c1cc(OC(C)(C)C)ccc1O.Cl. The Morgan fingerprint density at radius 3 is 2.52 bits per heavy atom. The zero-order valence-electron chi connectivity index (χ0n) is 12.9. The number of phenols is 1. The van der Waals surface area contributed by atoms with Crippen molar-refractivity contribution in [2.45, 2.75) is 45.8 Å². The maximum absolute atomic E-state index is 11.4. The van der Waals surface area contributed by atoms with Gasteiger partial charge in [0.2, 0.25) is 0 Å². The summed E-state index contributed by atoms with van der Waals surface area (Å²) in [6.07, 6.45) is 0.0143. The summed E-state index contributed by atoms with van der Waals surface area (Å²) in [6, 6.07) is 4.21. The van der Waals surface area contributed by atoms with E-state index in [4.69, 9.17) is 15.2 Å². The van der Waals surface area contributed by atoms with Crippen molar-refractivity contribution >= 4 is 18.4 Å². The molecule has 1 rings (SSSR count). The molecule has 0 aliphatic rings. The number of benzene rings is 1. The van der Waals surface area contributed by atoms with Gasteiger partial charge in [-0.25, -0.2) is 0 Å². The maximum atomic E-state index is 11.4. The first-order valence-electron chi connectivity index (χ1n) is 6.66. The summed E-state index contributed by atoms with van der Waals surface area (Å²) in [4.78, 5) is 11.4. The molecule has 0 saturated heterocycles. The summed E-state index contributed by atoms with van der Waals surface area (Å²) in [7, 11) is 0. The molecule has 0 fully saturated rings. The molecule has 0 heterocycles. The van der Waals surface area contributed by atoms with Crippen molar-refractivity contribution in [1.29, 1.82) is 0 Å². The highest BCUT2D eigenvalue weighted by Crippen LogP contribution is 2.30. The molecule has 0 spiro atoms. The second kappa shape index (κ2) is 8.10. The summed E-state index contributed by atoms with van der Waals surface area (Å²) in [6.45, 7) is 7.83. The van der Waals surface area contributed by atoms with Gasteiger partial charge < -0.3 is 20.3 Å². The van der Waals surface area contributed by atoms with E-state index >= 15 is 0 Å². The molecule has 0 aliphatic carbocycles. The highest BCUT2D eigenvalue weighted by atomic mass is 35.5. The summed E-state index contributed by atoms with van der Waals surface area (Å²) in [5.41, 5.74) is 6.07. The zero-order chi connectivity index (χ0) is 15.3. The summed E-state index contributed by atoms with van der Waals surface area (Å²) in [5, 5.41) is 9.86. The molecule has 0 bridgehead atoms. The van der Waals surface area contributed by atoms with Crippen molar-refractivity contribution in [3.63, 3.8) is 0 Å². The lowest BCUT2D eigenvalue weighted by molar-refractivity contribution is -0.143. The van der Waals surface area contributed by atoms with Crippen LogP contribution in [0, 0.1) is 0 Å². The Hall–Kier alpha value is -1.46. The molecule has 0 saturated carbocycles. The monoisotopic (exact) mass is 317 g/mol. The van der Waals surface area contributed by atoms with Crippen LogP contribution < -0.4 is 10.5 Å².